The van der Waals surface area contributed by atoms with E-state index in [2.05, 4.69) is 23.2 Å². The molecule has 0 aromatic carbocycles. The van der Waals surface area contributed by atoms with Crippen molar-refractivity contribution in [3.05, 3.63) is 0 Å². The van der Waals surface area contributed by atoms with Crippen LogP contribution in [0.5, 0.6) is 0 Å². The molecule has 0 unspecified atom stereocenters. The highest BCUT2D eigenvalue weighted by Gasteiger charge is 2.58. The molecule has 10 heavy (non-hydrogen) atoms. The van der Waals surface area contributed by atoms with Gasteiger partial charge in [0.05, 0.1) is 5.04 Å². The fourth-order valence-corrected chi connectivity index (χ4v) is 2.35. The Morgan fingerprint density at radius 3 is 2.50 bits per heavy atom. The summed E-state index contributed by atoms with van der Waals surface area (Å²) < 4.78 is 0. The van der Waals surface area contributed by atoms with E-state index in [4.69, 9.17) is 0 Å². The monoisotopic (exact) mass is 156 g/mol. The van der Waals surface area contributed by atoms with E-state index in [1.54, 1.807) is 0 Å². The summed E-state index contributed by atoms with van der Waals surface area (Å²) in [5, 5.41) is 5.10. The maximum absolute atomic E-state index is 4.35. The third-order valence-electron chi connectivity index (χ3n) is 2.73. The molecule has 56 valence electrons. The smallest absolute Gasteiger partial charge is 0.0962 e. The normalized spacial score (nSPS) is 43.8. The molecule has 0 saturated heterocycles. The van der Waals surface area contributed by atoms with Crippen molar-refractivity contribution in [2.24, 2.45) is 16.4 Å². The third-order valence-corrected chi connectivity index (χ3v) is 3.30. The molecule has 0 amide bonds. The number of nitrogens with one attached hydrogen (secondary N) is 1. The summed E-state index contributed by atoms with van der Waals surface area (Å²) in [5.74, 6) is 1.01. The van der Waals surface area contributed by atoms with Crippen LogP contribution in [0, 0.1) is 11.3 Å². The lowest BCUT2D eigenvalue weighted by Crippen LogP contribution is -2.55. The van der Waals surface area contributed by atoms with Crippen molar-refractivity contribution in [1.82, 2.24) is 5.43 Å². The van der Waals surface area contributed by atoms with Crippen LogP contribution in [0.15, 0.2) is 5.10 Å². The topological polar surface area (TPSA) is 24.4 Å². The van der Waals surface area contributed by atoms with Crippen molar-refractivity contribution in [2.45, 2.75) is 19.3 Å². The molecule has 1 N–H and O–H groups in total. The van der Waals surface area contributed by atoms with E-state index in [0.717, 1.165) is 11.0 Å². The first-order valence-electron chi connectivity index (χ1n) is 3.71. The number of hydrogen-bond acceptors (Lipinski definition) is 2. The molecule has 0 radical (unpaired) electrons. The Labute approximate surface area is 66.5 Å². The van der Waals surface area contributed by atoms with Gasteiger partial charge >= 0.3 is 0 Å². The molecular weight excluding hydrogens is 144 g/mol. The van der Waals surface area contributed by atoms with Gasteiger partial charge in [-0.05, 0) is 25.2 Å². The summed E-state index contributed by atoms with van der Waals surface area (Å²) in [6.07, 6.45) is 3.99. The molecule has 0 aromatic rings. The van der Waals surface area contributed by atoms with Crippen molar-refractivity contribution < 1.29 is 0 Å². The Kier molecular flexibility index (Phi) is 1.24. The second-order valence-corrected chi connectivity index (χ2v) is 3.84. The predicted octanol–water partition coefficient (Wildman–Crippen LogP) is 1.25. The third kappa shape index (κ3) is 0.641. The van der Waals surface area contributed by atoms with E-state index in [0.29, 0.717) is 5.41 Å². The van der Waals surface area contributed by atoms with Gasteiger partial charge in [-0.1, -0.05) is 0 Å². The van der Waals surface area contributed by atoms with E-state index in [1.807, 2.05) is 7.05 Å². The fraction of sp³-hybridized carbons (Fsp3) is 0.857. The van der Waals surface area contributed by atoms with Crippen LogP contribution < -0.4 is 5.43 Å². The number of rotatable bonds is 2. The zero-order chi connectivity index (χ0) is 7.19. The molecule has 0 aliphatic heterocycles. The molecule has 3 heteroatoms. The van der Waals surface area contributed by atoms with Crippen LogP contribution in [-0.2, 0) is 0 Å². The second-order valence-electron chi connectivity index (χ2n) is 3.42. The van der Waals surface area contributed by atoms with E-state index >= 15 is 0 Å². The Morgan fingerprint density at radius 1 is 1.60 bits per heavy atom. The first kappa shape index (κ1) is 6.53. The quantitative estimate of drug-likeness (QED) is 0.267. The molecule has 0 heterocycles. The summed E-state index contributed by atoms with van der Waals surface area (Å²) in [4.78, 5) is 0. The molecule has 0 spiro atoms. The van der Waals surface area contributed by atoms with Crippen molar-refractivity contribution in [3.63, 3.8) is 0 Å². The SMILES string of the molecule is CN/N=C(\S)C12CC(C1)C2. The van der Waals surface area contributed by atoms with E-state index in [1.165, 1.54) is 19.3 Å². The summed E-state index contributed by atoms with van der Waals surface area (Å²) in [6.45, 7) is 0. The molecule has 0 atom stereocenters. The first-order valence-corrected chi connectivity index (χ1v) is 4.15. The van der Waals surface area contributed by atoms with Crippen LogP contribution in [0.2, 0.25) is 0 Å². The highest BCUT2D eigenvalue weighted by molar-refractivity contribution is 7.97. The van der Waals surface area contributed by atoms with Gasteiger partial charge in [0.25, 0.3) is 0 Å². The Morgan fingerprint density at radius 2 is 2.20 bits per heavy atom. The van der Waals surface area contributed by atoms with Crippen LogP contribution in [0.1, 0.15) is 19.3 Å². The van der Waals surface area contributed by atoms with Crippen molar-refractivity contribution in [2.75, 3.05) is 7.05 Å². The lowest BCUT2D eigenvalue weighted by atomic mass is 9.45. The minimum absolute atomic E-state index is 0.427. The predicted molar refractivity (Wildman–Crippen MR) is 45.3 cm³/mol. The molecular formula is C7H12N2S. The molecule has 3 fully saturated rings. The van der Waals surface area contributed by atoms with Gasteiger partial charge in [-0.25, -0.2) is 0 Å². The summed E-state index contributed by atoms with van der Waals surface area (Å²) in [6, 6.07) is 0. The molecule has 3 aliphatic carbocycles. The summed E-state index contributed by atoms with van der Waals surface area (Å²) in [7, 11) is 1.82. The van der Waals surface area contributed by atoms with E-state index in [-0.39, 0.29) is 0 Å². The average Bonchev–Trinajstić information content (AvgIpc) is 1.56. The van der Waals surface area contributed by atoms with Gasteiger partial charge in [-0.15, -0.1) is 12.6 Å². The molecule has 0 aromatic heterocycles. The van der Waals surface area contributed by atoms with Gasteiger partial charge in [-0.2, -0.15) is 5.10 Å². The van der Waals surface area contributed by atoms with Gasteiger partial charge in [0, 0.05) is 12.5 Å². The van der Waals surface area contributed by atoms with Crippen LogP contribution >= 0.6 is 12.6 Å². The maximum atomic E-state index is 4.35. The lowest BCUT2D eigenvalue weighted by Gasteiger charge is -2.61. The Hall–Kier alpha value is -0.180. The second kappa shape index (κ2) is 1.91. The summed E-state index contributed by atoms with van der Waals surface area (Å²) in [5.41, 5.74) is 3.21. The Bertz CT molecular complexity index is 171. The molecule has 2 bridgehead atoms. The molecule has 3 rings (SSSR count). The van der Waals surface area contributed by atoms with Gasteiger partial charge in [0.15, 0.2) is 0 Å². The number of thiol groups is 1. The highest BCUT2D eigenvalue weighted by Crippen LogP contribution is 2.65. The van der Waals surface area contributed by atoms with Crippen LogP contribution in [-0.4, -0.2) is 12.1 Å². The van der Waals surface area contributed by atoms with Crippen LogP contribution in [0.3, 0.4) is 0 Å². The minimum atomic E-state index is 0.427. The van der Waals surface area contributed by atoms with Crippen LogP contribution in [0.25, 0.3) is 0 Å². The van der Waals surface area contributed by atoms with Crippen molar-refractivity contribution >= 4 is 17.7 Å². The fourth-order valence-electron chi connectivity index (χ4n) is 1.98. The molecule has 3 saturated carbocycles. The largest absolute Gasteiger partial charge is 0.312 e. The molecule has 3 aliphatic rings. The van der Waals surface area contributed by atoms with E-state index < -0.39 is 0 Å². The zero-order valence-corrected chi connectivity index (χ0v) is 6.99. The zero-order valence-electron chi connectivity index (χ0n) is 6.09. The van der Waals surface area contributed by atoms with Crippen molar-refractivity contribution in [1.29, 1.82) is 0 Å². The Balaban J connectivity index is 2.04. The minimum Gasteiger partial charge on any atom is -0.312 e. The standard InChI is InChI=1S/C7H12N2S/c1-8-9-6(10)7-2-5(3-7)4-7/h5,8H,2-4H2,1H3,(H,9,10). The van der Waals surface area contributed by atoms with Gasteiger partial charge < -0.3 is 5.43 Å². The summed E-state index contributed by atoms with van der Waals surface area (Å²) >= 11 is 4.35. The number of hydrogen-bond donors (Lipinski definition) is 2. The number of nitrogens with zero attached hydrogens (tertiary/aromatic N) is 1. The maximum Gasteiger partial charge on any atom is 0.0962 e. The van der Waals surface area contributed by atoms with Crippen molar-refractivity contribution in [3.8, 4) is 0 Å². The average molecular weight is 156 g/mol. The van der Waals surface area contributed by atoms with E-state index in [9.17, 15) is 0 Å². The van der Waals surface area contributed by atoms with Gasteiger partial charge in [0.2, 0.25) is 0 Å². The highest BCUT2D eigenvalue weighted by atomic mass is 32.1. The van der Waals surface area contributed by atoms with Gasteiger partial charge in [0.1, 0.15) is 0 Å². The molecule has 2 nitrogen and oxygen atoms in total. The number of hydrazone groups is 1. The van der Waals surface area contributed by atoms with Gasteiger partial charge in [-0.3, -0.25) is 0 Å². The van der Waals surface area contributed by atoms with Crippen LogP contribution in [0.4, 0.5) is 0 Å². The lowest BCUT2D eigenvalue weighted by molar-refractivity contribution is -0.0377. The first-order chi connectivity index (χ1) is 4.77.